The van der Waals surface area contributed by atoms with Gasteiger partial charge >= 0.3 is 0 Å². The Bertz CT molecular complexity index is 327. The molecule has 1 nitrogen and oxygen atoms in total. The molecule has 1 aromatic rings. The van der Waals surface area contributed by atoms with Gasteiger partial charge in [-0.3, -0.25) is 4.79 Å². The molecule has 0 unspecified atom stereocenters. The number of benzene rings is 1. The smallest absolute Gasteiger partial charge is 0.162 e. The van der Waals surface area contributed by atoms with Gasteiger partial charge in [0, 0.05) is 12.0 Å². The highest BCUT2D eigenvalue weighted by Crippen LogP contribution is 2.10. The Hall–Kier alpha value is -1.37. The molecule has 1 rings (SSSR count). The number of carbonyl (C=O) groups is 1. The minimum atomic E-state index is 0.275. The normalized spacial score (nSPS) is 10.1. The van der Waals surface area contributed by atoms with Crippen LogP contribution in [0.2, 0.25) is 0 Å². The van der Waals surface area contributed by atoms with Crippen molar-refractivity contribution < 1.29 is 4.79 Å². The van der Waals surface area contributed by atoms with Gasteiger partial charge in [0.25, 0.3) is 0 Å². The van der Waals surface area contributed by atoms with Crippen molar-refractivity contribution in [2.75, 3.05) is 0 Å². The Morgan fingerprint density at radius 1 is 1.00 bits per heavy atom. The Balaban J connectivity index is 2.07. The van der Waals surface area contributed by atoms with Crippen LogP contribution in [0.3, 0.4) is 0 Å². The Kier molecular flexibility index (Phi) is 7.04. The first-order valence-corrected chi connectivity index (χ1v) is 6.53. The summed E-state index contributed by atoms with van der Waals surface area (Å²) in [6, 6.07) is 9.57. The predicted molar refractivity (Wildman–Crippen MR) is 73.3 cm³/mol. The molecule has 0 radical (unpaired) electrons. The second-order valence-electron chi connectivity index (χ2n) is 4.38. The zero-order valence-electron chi connectivity index (χ0n) is 10.5. The van der Waals surface area contributed by atoms with E-state index in [1.54, 1.807) is 0 Å². The Labute approximate surface area is 105 Å². The molecule has 0 heterocycles. The Morgan fingerprint density at radius 3 is 2.35 bits per heavy atom. The van der Waals surface area contributed by atoms with E-state index in [4.69, 9.17) is 0 Å². The largest absolute Gasteiger partial charge is 0.294 e. The third kappa shape index (κ3) is 6.06. The number of hydrogen-bond donors (Lipinski definition) is 0. The van der Waals surface area contributed by atoms with E-state index in [2.05, 4.69) is 6.58 Å². The number of rotatable bonds is 9. The number of carbonyl (C=O) groups excluding carboxylic acids is 1. The van der Waals surface area contributed by atoms with Crippen LogP contribution in [-0.4, -0.2) is 5.78 Å². The molecule has 0 N–H and O–H groups in total. The van der Waals surface area contributed by atoms with Gasteiger partial charge in [0.2, 0.25) is 0 Å². The summed E-state index contributed by atoms with van der Waals surface area (Å²) in [4.78, 5) is 11.8. The third-order valence-electron chi connectivity index (χ3n) is 2.91. The lowest BCUT2D eigenvalue weighted by molar-refractivity contribution is 0.0979. The van der Waals surface area contributed by atoms with Crippen molar-refractivity contribution in [2.45, 2.75) is 44.9 Å². The van der Waals surface area contributed by atoms with Crippen LogP contribution in [0.4, 0.5) is 0 Å². The standard InChI is InChI=1S/C16H22O/c1-2-3-4-5-6-7-11-14-16(17)15-12-9-8-10-13-15/h2,8-10,12-13H,1,3-7,11,14H2. The minimum absolute atomic E-state index is 0.275. The predicted octanol–water partition coefficient (Wildman–Crippen LogP) is 4.79. The molecule has 0 aliphatic heterocycles. The van der Waals surface area contributed by atoms with E-state index in [0.717, 1.165) is 24.8 Å². The van der Waals surface area contributed by atoms with Gasteiger partial charge in [0.1, 0.15) is 0 Å². The summed E-state index contributed by atoms with van der Waals surface area (Å²) in [5, 5.41) is 0. The number of unbranched alkanes of at least 4 members (excludes halogenated alkanes) is 5. The number of ketones is 1. The van der Waals surface area contributed by atoms with E-state index in [1.165, 1.54) is 19.3 Å². The molecular weight excluding hydrogens is 208 g/mol. The summed E-state index contributed by atoms with van der Waals surface area (Å²) in [7, 11) is 0. The molecular formula is C16H22O. The van der Waals surface area contributed by atoms with E-state index in [-0.39, 0.29) is 5.78 Å². The zero-order valence-corrected chi connectivity index (χ0v) is 10.5. The summed E-state index contributed by atoms with van der Waals surface area (Å²) >= 11 is 0. The molecule has 0 bridgehead atoms. The molecule has 0 amide bonds. The monoisotopic (exact) mass is 230 g/mol. The summed E-state index contributed by atoms with van der Waals surface area (Å²) in [5.41, 5.74) is 0.846. The quantitative estimate of drug-likeness (QED) is 0.339. The molecule has 0 atom stereocenters. The van der Waals surface area contributed by atoms with Crippen LogP contribution in [0.1, 0.15) is 55.3 Å². The lowest BCUT2D eigenvalue weighted by atomic mass is 10.0. The molecule has 0 fully saturated rings. The fourth-order valence-electron chi connectivity index (χ4n) is 1.87. The molecule has 0 aliphatic carbocycles. The van der Waals surface area contributed by atoms with Gasteiger partial charge in [-0.2, -0.15) is 0 Å². The fourth-order valence-corrected chi connectivity index (χ4v) is 1.87. The minimum Gasteiger partial charge on any atom is -0.294 e. The summed E-state index contributed by atoms with van der Waals surface area (Å²) in [5.74, 6) is 0.275. The SMILES string of the molecule is C=CCCCCCCCC(=O)c1ccccc1. The highest BCUT2D eigenvalue weighted by atomic mass is 16.1. The fraction of sp³-hybridized carbons (Fsp3) is 0.438. The molecule has 1 aromatic carbocycles. The van der Waals surface area contributed by atoms with Crippen LogP contribution in [-0.2, 0) is 0 Å². The van der Waals surface area contributed by atoms with Gasteiger partial charge in [0.15, 0.2) is 5.78 Å². The van der Waals surface area contributed by atoms with Crippen LogP contribution < -0.4 is 0 Å². The first-order chi connectivity index (χ1) is 8.34. The van der Waals surface area contributed by atoms with Crippen LogP contribution in [0.15, 0.2) is 43.0 Å². The second kappa shape index (κ2) is 8.74. The van der Waals surface area contributed by atoms with Crippen LogP contribution in [0.5, 0.6) is 0 Å². The number of allylic oxidation sites excluding steroid dienone is 1. The maximum atomic E-state index is 11.8. The van der Waals surface area contributed by atoms with Gasteiger partial charge in [-0.1, -0.05) is 55.7 Å². The van der Waals surface area contributed by atoms with Gasteiger partial charge in [-0.15, -0.1) is 6.58 Å². The molecule has 0 spiro atoms. The lowest BCUT2D eigenvalue weighted by Crippen LogP contribution is -1.98. The zero-order chi connectivity index (χ0) is 12.3. The maximum Gasteiger partial charge on any atom is 0.162 e. The van der Waals surface area contributed by atoms with E-state index >= 15 is 0 Å². The topological polar surface area (TPSA) is 17.1 Å². The van der Waals surface area contributed by atoms with Crippen molar-refractivity contribution in [3.8, 4) is 0 Å². The summed E-state index contributed by atoms with van der Waals surface area (Å²) in [6.45, 7) is 3.71. The maximum absolute atomic E-state index is 11.8. The van der Waals surface area contributed by atoms with Crippen molar-refractivity contribution in [1.29, 1.82) is 0 Å². The van der Waals surface area contributed by atoms with E-state index in [0.29, 0.717) is 6.42 Å². The van der Waals surface area contributed by atoms with Gasteiger partial charge in [-0.25, -0.2) is 0 Å². The summed E-state index contributed by atoms with van der Waals surface area (Å²) in [6.07, 6.45) is 9.67. The average Bonchev–Trinajstić information content (AvgIpc) is 2.38. The van der Waals surface area contributed by atoms with Crippen molar-refractivity contribution in [3.63, 3.8) is 0 Å². The van der Waals surface area contributed by atoms with Gasteiger partial charge in [0.05, 0.1) is 0 Å². The van der Waals surface area contributed by atoms with E-state index in [9.17, 15) is 4.79 Å². The molecule has 92 valence electrons. The van der Waals surface area contributed by atoms with Crippen molar-refractivity contribution >= 4 is 5.78 Å². The molecule has 17 heavy (non-hydrogen) atoms. The van der Waals surface area contributed by atoms with Crippen LogP contribution in [0.25, 0.3) is 0 Å². The summed E-state index contributed by atoms with van der Waals surface area (Å²) < 4.78 is 0. The molecule has 1 heteroatoms. The van der Waals surface area contributed by atoms with E-state index < -0.39 is 0 Å². The highest BCUT2D eigenvalue weighted by molar-refractivity contribution is 5.95. The first kappa shape index (κ1) is 13.7. The van der Waals surface area contributed by atoms with E-state index in [1.807, 2.05) is 36.4 Å². The highest BCUT2D eigenvalue weighted by Gasteiger charge is 2.03. The van der Waals surface area contributed by atoms with Crippen molar-refractivity contribution in [1.82, 2.24) is 0 Å². The second-order valence-corrected chi connectivity index (χ2v) is 4.38. The average molecular weight is 230 g/mol. The van der Waals surface area contributed by atoms with Gasteiger partial charge in [-0.05, 0) is 19.3 Å². The molecule has 0 saturated carbocycles. The molecule has 0 aliphatic rings. The third-order valence-corrected chi connectivity index (χ3v) is 2.91. The number of Topliss-reactive ketones (excluding diaryl/α,β-unsaturated/α-hetero) is 1. The van der Waals surface area contributed by atoms with Crippen LogP contribution in [0, 0.1) is 0 Å². The Morgan fingerprint density at radius 2 is 1.65 bits per heavy atom. The molecule has 0 aromatic heterocycles. The van der Waals surface area contributed by atoms with Gasteiger partial charge < -0.3 is 0 Å². The van der Waals surface area contributed by atoms with Crippen molar-refractivity contribution in [2.24, 2.45) is 0 Å². The first-order valence-electron chi connectivity index (χ1n) is 6.53. The number of hydrogen-bond acceptors (Lipinski definition) is 1. The van der Waals surface area contributed by atoms with Crippen LogP contribution >= 0.6 is 0 Å². The van der Waals surface area contributed by atoms with Crippen molar-refractivity contribution in [3.05, 3.63) is 48.6 Å². The lowest BCUT2D eigenvalue weighted by Gasteiger charge is -2.01. The molecule has 0 saturated heterocycles.